The van der Waals surface area contributed by atoms with Crippen molar-refractivity contribution in [2.24, 2.45) is 46.3 Å². The highest BCUT2D eigenvalue weighted by Crippen LogP contribution is 2.68. The smallest absolute Gasteiger partial charge is 0.303 e. The molecular formula is C27H44N2O4. The van der Waals surface area contributed by atoms with E-state index in [1.165, 1.54) is 44.9 Å². The number of carboxylic acid groups (broad SMARTS) is 1. The third kappa shape index (κ3) is 4.55. The van der Waals surface area contributed by atoms with Gasteiger partial charge in [-0.2, -0.15) is 0 Å². The van der Waals surface area contributed by atoms with Crippen molar-refractivity contribution in [2.75, 3.05) is 6.54 Å². The molecule has 0 heterocycles. The molecule has 4 saturated carbocycles. The number of nitrogens with one attached hydrogen (secondary N) is 2. The molecule has 0 aromatic heterocycles. The molecule has 6 heteroatoms. The number of amides is 2. The summed E-state index contributed by atoms with van der Waals surface area (Å²) in [5, 5.41) is 14.8. The van der Waals surface area contributed by atoms with E-state index in [-0.39, 0.29) is 18.5 Å². The first kappa shape index (κ1) is 24.5. The summed E-state index contributed by atoms with van der Waals surface area (Å²) in [6.45, 7) is 7.45. The normalized spacial score (nSPS) is 42.9. The Bertz CT molecular complexity index is 756. The number of hydrogen-bond acceptors (Lipinski definition) is 3. The summed E-state index contributed by atoms with van der Waals surface area (Å²) < 4.78 is 0. The molecule has 4 aliphatic carbocycles. The lowest BCUT2D eigenvalue weighted by Gasteiger charge is -2.61. The SMILES string of the molecule is CC(CCC(=O)O)C1CCC2C3CC[C@@H]4C[C@@H](NC(=O)CNC=O)CC[C@]4(C)C3CC[C@]12C. The van der Waals surface area contributed by atoms with Gasteiger partial charge in [0, 0.05) is 12.5 Å². The minimum atomic E-state index is -0.664. The predicted octanol–water partition coefficient (Wildman–Crippen LogP) is 4.38. The highest BCUT2D eigenvalue weighted by Gasteiger charge is 2.60. The molecule has 33 heavy (non-hydrogen) atoms. The zero-order valence-corrected chi connectivity index (χ0v) is 20.8. The molecule has 0 aromatic rings. The zero-order chi connectivity index (χ0) is 23.8. The van der Waals surface area contributed by atoms with Gasteiger partial charge in [0.15, 0.2) is 0 Å². The van der Waals surface area contributed by atoms with Crippen LogP contribution in [0.25, 0.3) is 0 Å². The second kappa shape index (κ2) is 9.58. The molecule has 2 amide bonds. The van der Waals surface area contributed by atoms with Crippen LogP contribution in [0, 0.1) is 46.3 Å². The number of carbonyl (C=O) groups is 3. The Hall–Kier alpha value is -1.59. The first-order valence-electron chi connectivity index (χ1n) is 13.4. The topological polar surface area (TPSA) is 95.5 Å². The minimum Gasteiger partial charge on any atom is -0.481 e. The van der Waals surface area contributed by atoms with Gasteiger partial charge in [0.25, 0.3) is 0 Å². The van der Waals surface area contributed by atoms with Crippen LogP contribution in [0.4, 0.5) is 0 Å². The van der Waals surface area contributed by atoms with E-state index >= 15 is 0 Å². The van der Waals surface area contributed by atoms with Crippen molar-refractivity contribution in [2.45, 2.75) is 97.4 Å². The fraction of sp³-hybridized carbons (Fsp3) is 0.889. The van der Waals surface area contributed by atoms with Crippen molar-refractivity contribution >= 4 is 18.3 Å². The van der Waals surface area contributed by atoms with Crippen LogP contribution in [0.2, 0.25) is 0 Å². The second-order valence-electron chi connectivity index (χ2n) is 12.3. The lowest BCUT2D eigenvalue weighted by molar-refractivity contribution is -0.137. The molecule has 0 aliphatic heterocycles. The number of rotatable bonds is 8. The molecular weight excluding hydrogens is 416 g/mol. The third-order valence-corrected chi connectivity index (χ3v) is 11.0. The van der Waals surface area contributed by atoms with E-state index in [0.29, 0.717) is 41.4 Å². The summed E-state index contributed by atoms with van der Waals surface area (Å²) >= 11 is 0. The van der Waals surface area contributed by atoms with Crippen LogP contribution >= 0.6 is 0 Å². The van der Waals surface area contributed by atoms with Crippen LogP contribution in [0.5, 0.6) is 0 Å². The van der Waals surface area contributed by atoms with Crippen molar-refractivity contribution in [1.29, 1.82) is 0 Å². The molecule has 4 rings (SSSR count). The summed E-state index contributed by atoms with van der Waals surface area (Å²) in [5.74, 6) is 3.48. The van der Waals surface area contributed by atoms with Crippen molar-refractivity contribution < 1.29 is 19.5 Å². The second-order valence-corrected chi connectivity index (χ2v) is 12.3. The van der Waals surface area contributed by atoms with Gasteiger partial charge < -0.3 is 15.7 Å². The maximum Gasteiger partial charge on any atom is 0.303 e. The van der Waals surface area contributed by atoms with Gasteiger partial charge in [0.2, 0.25) is 12.3 Å². The summed E-state index contributed by atoms with van der Waals surface area (Å²) in [7, 11) is 0. The summed E-state index contributed by atoms with van der Waals surface area (Å²) in [6.07, 6.45) is 12.8. The van der Waals surface area contributed by atoms with Crippen molar-refractivity contribution in [1.82, 2.24) is 10.6 Å². The van der Waals surface area contributed by atoms with Gasteiger partial charge in [0.1, 0.15) is 0 Å². The molecule has 3 N–H and O–H groups in total. The van der Waals surface area contributed by atoms with Crippen molar-refractivity contribution in [3.8, 4) is 0 Å². The molecule has 6 nitrogen and oxygen atoms in total. The number of carboxylic acids is 1. The number of carbonyl (C=O) groups excluding carboxylic acids is 2. The van der Waals surface area contributed by atoms with Gasteiger partial charge in [-0.3, -0.25) is 14.4 Å². The van der Waals surface area contributed by atoms with Gasteiger partial charge in [0.05, 0.1) is 6.54 Å². The minimum absolute atomic E-state index is 0.0684. The Balaban J connectivity index is 1.41. The number of hydrogen-bond donors (Lipinski definition) is 3. The number of fused-ring (bicyclic) bond motifs is 5. The molecule has 4 fully saturated rings. The molecule has 0 saturated heterocycles. The molecule has 9 atom stereocenters. The van der Waals surface area contributed by atoms with Gasteiger partial charge in [-0.05, 0) is 111 Å². The molecule has 0 aromatic carbocycles. The van der Waals surface area contributed by atoms with Crippen LogP contribution in [-0.4, -0.2) is 36.0 Å². The quantitative estimate of drug-likeness (QED) is 0.469. The fourth-order valence-electron chi connectivity index (χ4n) is 9.33. The zero-order valence-electron chi connectivity index (χ0n) is 20.8. The Kier molecular flexibility index (Phi) is 7.12. The fourth-order valence-corrected chi connectivity index (χ4v) is 9.33. The standard InChI is InChI=1S/C27H44N2O4/c1-17(4-9-25(32)33)21-7-8-22-20-6-5-18-14-19(29-24(31)15-28-16-30)10-12-26(18,2)23(20)11-13-27(21,22)3/h16-23H,4-15H2,1-3H3,(H,28,30)(H,29,31)(H,32,33)/t17?,18-,19+,20?,21?,22?,23?,26+,27-/m1/s1. The molecule has 4 aliphatic rings. The van der Waals surface area contributed by atoms with Crippen LogP contribution in [0.1, 0.15) is 91.4 Å². The van der Waals surface area contributed by atoms with E-state index < -0.39 is 5.97 Å². The van der Waals surface area contributed by atoms with Crippen LogP contribution in [-0.2, 0) is 14.4 Å². The molecule has 186 valence electrons. The van der Waals surface area contributed by atoms with E-state index in [4.69, 9.17) is 5.11 Å². The van der Waals surface area contributed by atoms with E-state index in [1.54, 1.807) is 0 Å². The van der Waals surface area contributed by atoms with E-state index in [1.807, 2.05) is 0 Å². The van der Waals surface area contributed by atoms with Gasteiger partial charge in [-0.15, -0.1) is 0 Å². The van der Waals surface area contributed by atoms with Gasteiger partial charge in [-0.25, -0.2) is 0 Å². The average Bonchev–Trinajstić information content (AvgIpc) is 3.13. The maximum absolute atomic E-state index is 12.1. The Morgan fingerprint density at radius 3 is 2.48 bits per heavy atom. The van der Waals surface area contributed by atoms with Crippen LogP contribution in [0.3, 0.4) is 0 Å². The van der Waals surface area contributed by atoms with Crippen LogP contribution < -0.4 is 10.6 Å². The predicted molar refractivity (Wildman–Crippen MR) is 127 cm³/mol. The molecule has 0 spiro atoms. The average molecular weight is 461 g/mol. The van der Waals surface area contributed by atoms with Crippen molar-refractivity contribution in [3.05, 3.63) is 0 Å². The summed E-state index contributed by atoms with van der Waals surface area (Å²) in [5.41, 5.74) is 0.749. The monoisotopic (exact) mass is 460 g/mol. The lowest BCUT2D eigenvalue weighted by atomic mass is 9.44. The highest BCUT2D eigenvalue weighted by atomic mass is 16.4. The van der Waals surface area contributed by atoms with Crippen LogP contribution in [0.15, 0.2) is 0 Å². The first-order chi connectivity index (χ1) is 15.7. The summed E-state index contributed by atoms with van der Waals surface area (Å²) in [6, 6.07) is 0.236. The molecule has 0 radical (unpaired) electrons. The van der Waals surface area contributed by atoms with Gasteiger partial charge >= 0.3 is 5.97 Å². The maximum atomic E-state index is 12.1. The Labute approximate surface area is 199 Å². The highest BCUT2D eigenvalue weighted by molar-refractivity contribution is 5.80. The Morgan fingerprint density at radius 1 is 1.03 bits per heavy atom. The number of aliphatic carboxylic acids is 1. The van der Waals surface area contributed by atoms with E-state index in [9.17, 15) is 14.4 Å². The lowest BCUT2D eigenvalue weighted by Crippen LogP contribution is -2.56. The van der Waals surface area contributed by atoms with E-state index in [0.717, 1.165) is 37.0 Å². The molecule has 0 bridgehead atoms. The largest absolute Gasteiger partial charge is 0.481 e. The van der Waals surface area contributed by atoms with Gasteiger partial charge in [-0.1, -0.05) is 20.8 Å². The summed E-state index contributed by atoms with van der Waals surface area (Å²) in [4.78, 5) is 33.7. The molecule has 5 unspecified atom stereocenters. The third-order valence-electron chi connectivity index (χ3n) is 11.0. The van der Waals surface area contributed by atoms with E-state index in [2.05, 4.69) is 31.4 Å². The Morgan fingerprint density at radius 2 is 1.76 bits per heavy atom. The van der Waals surface area contributed by atoms with Crippen molar-refractivity contribution in [3.63, 3.8) is 0 Å². The first-order valence-corrected chi connectivity index (χ1v) is 13.4.